The molecule has 26 heavy (non-hydrogen) atoms. The van der Waals surface area contributed by atoms with E-state index in [0.717, 1.165) is 56.1 Å². The Balaban J connectivity index is 0.00000243. The number of aliphatic imine (C=N–C) groups is 1. The molecule has 1 aromatic heterocycles. The molecule has 1 aromatic rings. The third kappa shape index (κ3) is 5.80. The summed E-state index contributed by atoms with van der Waals surface area (Å²) in [5, 5.41) is 15.3. The van der Waals surface area contributed by atoms with Crippen molar-refractivity contribution in [3.8, 4) is 0 Å². The standard InChI is InChI=1S/C18H33N7.HI/c1-3-19-18(20-10-7-12-24-11-5-4-8-15(24)2)21-14-17-23-22-16-9-6-13-25(16)17;/h15H,3-14H2,1-2H3,(H2,19,20,21);1H. The van der Waals surface area contributed by atoms with Crippen molar-refractivity contribution in [3.63, 3.8) is 0 Å². The van der Waals surface area contributed by atoms with E-state index in [1.54, 1.807) is 0 Å². The fraction of sp³-hybridized carbons (Fsp3) is 0.833. The van der Waals surface area contributed by atoms with Gasteiger partial charge in [0, 0.05) is 38.6 Å². The molecule has 2 aliphatic heterocycles. The zero-order valence-electron chi connectivity index (χ0n) is 16.2. The average molecular weight is 475 g/mol. The molecule has 1 fully saturated rings. The molecule has 0 amide bonds. The zero-order valence-corrected chi connectivity index (χ0v) is 18.5. The summed E-state index contributed by atoms with van der Waals surface area (Å²) in [7, 11) is 0. The molecule has 0 aromatic carbocycles. The topological polar surface area (TPSA) is 70.4 Å². The molecule has 0 saturated carbocycles. The van der Waals surface area contributed by atoms with Crippen molar-refractivity contribution in [2.24, 2.45) is 4.99 Å². The average Bonchev–Trinajstić information content (AvgIpc) is 3.22. The van der Waals surface area contributed by atoms with Crippen molar-refractivity contribution in [2.75, 3.05) is 26.2 Å². The van der Waals surface area contributed by atoms with E-state index in [2.05, 4.69) is 44.1 Å². The van der Waals surface area contributed by atoms with E-state index in [4.69, 9.17) is 4.99 Å². The van der Waals surface area contributed by atoms with Crippen LogP contribution in [0.4, 0.5) is 0 Å². The molecule has 0 bridgehead atoms. The van der Waals surface area contributed by atoms with Gasteiger partial charge in [0.1, 0.15) is 12.4 Å². The summed E-state index contributed by atoms with van der Waals surface area (Å²) in [5.41, 5.74) is 0. The van der Waals surface area contributed by atoms with Crippen LogP contribution in [0.3, 0.4) is 0 Å². The van der Waals surface area contributed by atoms with Crippen molar-refractivity contribution >= 4 is 29.9 Å². The Kier molecular flexibility index (Phi) is 9.10. The highest BCUT2D eigenvalue weighted by atomic mass is 127. The van der Waals surface area contributed by atoms with Crippen LogP contribution in [0.2, 0.25) is 0 Å². The van der Waals surface area contributed by atoms with E-state index in [0.29, 0.717) is 6.54 Å². The highest BCUT2D eigenvalue weighted by Crippen LogP contribution is 2.16. The Bertz CT molecular complexity index is 572. The number of nitrogens with zero attached hydrogens (tertiary/aromatic N) is 5. The van der Waals surface area contributed by atoms with Gasteiger partial charge in [0.15, 0.2) is 11.8 Å². The predicted octanol–water partition coefficient (Wildman–Crippen LogP) is 2.16. The SMILES string of the molecule is CCNC(=NCc1nnc2n1CCC2)NCCCN1CCCCC1C.I. The summed E-state index contributed by atoms with van der Waals surface area (Å²) < 4.78 is 2.21. The van der Waals surface area contributed by atoms with E-state index in [9.17, 15) is 0 Å². The van der Waals surface area contributed by atoms with Crippen LogP contribution in [0, 0.1) is 0 Å². The summed E-state index contributed by atoms with van der Waals surface area (Å²) in [5.74, 6) is 2.97. The minimum atomic E-state index is 0. The lowest BCUT2D eigenvalue weighted by Crippen LogP contribution is -2.41. The summed E-state index contributed by atoms with van der Waals surface area (Å²) in [6.07, 6.45) is 7.46. The number of fused-ring (bicyclic) bond motifs is 1. The molecule has 2 aliphatic rings. The van der Waals surface area contributed by atoms with Gasteiger partial charge in [-0.2, -0.15) is 0 Å². The molecular weight excluding hydrogens is 441 g/mol. The Hall–Kier alpha value is -0.900. The van der Waals surface area contributed by atoms with Crippen molar-refractivity contribution < 1.29 is 0 Å². The van der Waals surface area contributed by atoms with E-state index in [1.807, 2.05) is 0 Å². The maximum Gasteiger partial charge on any atom is 0.191 e. The molecule has 7 nitrogen and oxygen atoms in total. The van der Waals surface area contributed by atoms with Crippen LogP contribution in [-0.2, 0) is 19.5 Å². The van der Waals surface area contributed by atoms with Gasteiger partial charge in [-0.3, -0.25) is 0 Å². The first-order valence-electron chi connectivity index (χ1n) is 9.95. The van der Waals surface area contributed by atoms with E-state index >= 15 is 0 Å². The Morgan fingerprint density at radius 1 is 1.19 bits per heavy atom. The van der Waals surface area contributed by atoms with Gasteiger partial charge in [0.2, 0.25) is 0 Å². The number of nitrogens with one attached hydrogen (secondary N) is 2. The third-order valence-electron chi connectivity index (χ3n) is 5.26. The number of likely N-dealkylation sites (tertiary alicyclic amines) is 1. The number of hydrogen-bond acceptors (Lipinski definition) is 4. The van der Waals surface area contributed by atoms with Gasteiger partial charge in [0.25, 0.3) is 0 Å². The summed E-state index contributed by atoms with van der Waals surface area (Å²) in [4.78, 5) is 7.31. The Labute approximate surface area is 174 Å². The summed E-state index contributed by atoms with van der Waals surface area (Å²) in [6.45, 7) is 10.3. The number of hydrogen-bond donors (Lipinski definition) is 2. The smallest absolute Gasteiger partial charge is 0.191 e. The van der Waals surface area contributed by atoms with Crippen LogP contribution in [0.1, 0.15) is 57.6 Å². The van der Waals surface area contributed by atoms with E-state index in [1.165, 1.54) is 38.8 Å². The number of halogens is 1. The molecule has 1 unspecified atom stereocenters. The van der Waals surface area contributed by atoms with Gasteiger partial charge in [-0.25, -0.2) is 4.99 Å². The molecule has 3 heterocycles. The van der Waals surface area contributed by atoms with Crippen molar-refractivity contribution in [2.45, 2.75) is 71.5 Å². The minimum Gasteiger partial charge on any atom is -0.357 e. The van der Waals surface area contributed by atoms with Crippen LogP contribution in [-0.4, -0.2) is 57.8 Å². The molecule has 3 rings (SSSR count). The minimum absolute atomic E-state index is 0. The molecule has 1 atom stereocenters. The van der Waals surface area contributed by atoms with Crippen molar-refractivity contribution in [3.05, 3.63) is 11.6 Å². The summed E-state index contributed by atoms with van der Waals surface area (Å²) >= 11 is 0. The number of aryl methyl sites for hydroxylation is 1. The Morgan fingerprint density at radius 3 is 2.88 bits per heavy atom. The van der Waals surface area contributed by atoms with Gasteiger partial charge >= 0.3 is 0 Å². The fourth-order valence-electron chi connectivity index (χ4n) is 3.80. The number of rotatable bonds is 7. The zero-order chi connectivity index (χ0) is 17.5. The predicted molar refractivity (Wildman–Crippen MR) is 116 cm³/mol. The van der Waals surface area contributed by atoms with Crippen LogP contribution >= 0.6 is 24.0 Å². The first-order valence-corrected chi connectivity index (χ1v) is 9.95. The highest BCUT2D eigenvalue weighted by molar-refractivity contribution is 14.0. The quantitative estimate of drug-likeness (QED) is 0.274. The third-order valence-corrected chi connectivity index (χ3v) is 5.26. The highest BCUT2D eigenvalue weighted by Gasteiger charge is 2.18. The lowest BCUT2D eigenvalue weighted by molar-refractivity contribution is 0.159. The van der Waals surface area contributed by atoms with Gasteiger partial charge < -0.3 is 20.1 Å². The molecule has 0 spiro atoms. The maximum atomic E-state index is 4.69. The lowest BCUT2D eigenvalue weighted by atomic mass is 10.0. The maximum absolute atomic E-state index is 4.69. The van der Waals surface area contributed by atoms with Crippen LogP contribution in [0.15, 0.2) is 4.99 Å². The fourth-order valence-corrected chi connectivity index (χ4v) is 3.80. The normalized spacial score (nSPS) is 20.5. The molecular formula is C18H34IN7. The molecule has 1 saturated heterocycles. The van der Waals surface area contributed by atoms with E-state index < -0.39 is 0 Å². The van der Waals surface area contributed by atoms with Crippen LogP contribution < -0.4 is 10.6 Å². The molecule has 148 valence electrons. The molecule has 2 N–H and O–H groups in total. The van der Waals surface area contributed by atoms with Crippen LogP contribution in [0.25, 0.3) is 0 Å². The van der Waals surface area contributed by atoms with Gasteiger partial charge in [0.05, 0.1) is 0 Å². The first kappa shape index (κ1) is 21.4. The molecule has 0 radical (unpaired) electrons. The van der Waals surface area contributed by atoms with E-state index in [-0.39, 0.29) is 24.0 Å². The summed E-state index contributed by atoms with van der Waals surface area (Å²) in [6, 6.07) is 0.741. The number of guanidine groups is 1. The first-order chi connectivity index (χ1) is 12.3. The lowest BCUT2D eigenvalue weighted by Gasteiger charge is -2.33. The number of piperidine rings is 1. The van der Waals surface area contributed by atoms with Gasteiger partial charge in [-0.15, -0.1) is 34.2 Å². The largest absolute Gasteiger partial charge is 0.357 e. The van der Waals surface area contributed by atoms with Gasteiger partial charge in [-0.05, 0) is 46.1 Å². The second-order valence-corrected chi connectivity index (χ2v) is 7.14. The van der Waals surface area contributed by atoms with Crippen molar-refractivity contribution in [1.82, 2.24) is 30.3 Å². The van der Waals surface area contributed by atoms with Gasteiger partial charge in [-0.1, -0.05) is 6.42 Å². The molecule has 8 heteroatoms. The second kappa shape index (κ2) is 11.1. The van der Waals surface area contributed by atoms with Crippen molar-refractivity contribution in [1.29, 1.82) is 0 Å². The number of aromatic nitrogens is 3. The monoisotopic (exact) mass is 475 g/mol. The van der Waals surface area contributed by atoms with Crippen LogP contribution in [0.5, 0.6) is 0 Å². The Morgan fingerprint density at radius 2 is 2.08 bits per heavy atom. The molecule has 0 aliphatic carbocycles. The second-order valence-electron chi connectivity index (χ2n) is 7.14.